The first-order valence-electron chi connectivity index (χ1n) is 6.28. The first-order valence-corrected chi connectivity index (χ1v) is 8.21. The van der Waals surface area contributed by atoms with Crippen LogP contribution in [-0.4, -0.2) is 16.4 Å². The van der Waals surface area contributed by atoms with Gasteiger partial charge < -0.3 is 0 Å². The quantitative estimate of drug-likeness (QED) is 0.847. The fourth-order valence-electron chi connectivity index (χ4n) is 2.03. The van der Waals surface area contributed by atoms with Crippen molar-refractivity contribution < 1.29 is 9.00 Å². The standard InChI is InChI=1S/C16H17NO2S/c1-12-9-13(2)11-14(10-12)16(18)17-20(3,19)15-7-5-4-6-8-15/h4-11H,1-3H3. The van der Waals surface area contributed by atoms with Gasteiger partial charge in [0.05, 0.1) is 9.73 Å². The Hall–Kier alpha value is -1.94. The summed E-state index contributed by atoms with van der Waals surface area (Å²) in [6, 6.07) is 14.4. The predicted octanol–water partition coefficient (Wildman–Crippen LogP) is 3.60. The molecular formula is C16H17NO2S. The van der Waals surface area contributed by atoms with Crippen molar-refractivity contribution in [3.8, 4) is 0 Å². The normalized spacial score (nSPS) is 13.6. The van der Waals surface area contributed by atoms with E-state index in [0.29, 0.717) is 10.5 Å². The second-order valence-electron chi connectivity index (χ2n) is 4.89. The summed E-state index contributed by atoms with van der Waals surface area (Å²) in [5.41, 5.74) is 2.46. The number of hydrogen-bond donors (Lipinski definition) is 0. The van der Waals surface area contributed by atoms with Crippen LogP contribution in [0.5, 0.6) is 0 Å². The van der Waals surface area contributed by atoms with Crippen molar-refractivity contribution in [1.29, 1.82) is 0 Å². The average Bonchev–Trinajstić information content (AvgIpc) is 2.38. The molecule has 0 saturated heterocycles. The Balaban J connectivity index is 2.44. The van der Waals surface area contributed by atoms with E-state index in [4.69, 9.17) is 0 Å². The van der Waals surface area contributed by atoms with Gasteiger partial charge >= 0.3 is 0 Å². The largest absolute Gasteiger partial charge is 0.285 e. The van der Waals surface area contributed by atoms with Crippen molar-refractivity contribution in [2.75, 3.05) is 6.26 Å². The van der Waals surface area contributed by atoms with Crippen molar-refractivity contribution in [3.05, 3.63) is 65.2 Å². The lowest BCUT2D eigenvalue weighted by Gasteiger charge is -2.05. The fourth-order valence-corrected chi connectivity index (χ4v) is 3.22. The molecule has 20 heavy (non-hydrogen) atoms. The van der Waals surface area contributed by atoms with E-state index in [0.717, 1.165) is 11.1 Å². The van der Waals surface area contributed by atoms with Gasteiger partial charge in [0.25, 0.3) is 5.91 Å². The van der Waals surface area contributed by atoms with Gasteiger partial charge in [0.2, 0.25) is 0 Å². The molecule has 0 heterocycles. The summed E-state index contributed by atoms with van der Waals surface area (Å²) in [5, 5.41) is 0. The van der Waals surface area contributed by atoms with E-state index in [-0.39, 0.29) is 0 Å². The van der Waals surface area contributed by atoms with Crippen LogP contribution in [0.15, 0.2) is 57.8 Å². The van der Waals surface area contributed by atoms with Gasteiger partial charge in [-0.3, -0.25) is 4.79 Å². The van der Waals surface area contributed by atoms with Gasteiger partial charge in [-0.2, -0.15) is 4.36 Å². The predicted molar refractivity (Wildman–Crippen MR) is 81.4 cm³/mol. The molecule has 0 aromatic heterocycles. The van der Waals surface area contributed by atoms with Gasteiger partial charge in [-0.05, 0) is 38.1 Å². The molecule has 104 valence electrons. The molecule has 1 atom stereocenters. The van der Waals surface area contributed by atoms with Gasteiger partial charge in [0.15, 0.2) is 0 Å². The lowest BCUT2D eigenvalue weighted by Crippen LogP contribution is -2.04. The molecule has 0 aliphatic rings. The Kier molecular flexibility index (Phi) is 4.04. The molecule has 0 aliphatic carbocycles. The third kappa shape index (κ3) is 3.33. The molecule has 0 bridgehead atoms. The van der Waals surface area contributed by atoms with E-state index in [9.17, 15) is 9.00 Å². The molecule has 0 fully saturated rings. The highest BCUT2D eigenvalue weighted by Crippen LogP contribution is 2.15. The number of carbonyl (C=O) groups is 1. The Bertz CT molecular complexity index is 737. The van der Waals surface area contributed by atoms with E-state index in [1.165, 1.54) is 6.26 Å². The summed E-state index contributed by atoms with van der Waals surface area (Å²) in [4.78, 5) is 12.8. The van der Waals surface area contributed by atoms with E-state index in [2.05, 4.69) is 4.36 Å². The molecule has 0 N–H and O–H groups in total. The Morgan fingerprint density at radius 2 is 1.55 bits per heavy atom. The summed E-state index contributed by atoms with van der Waals surface area (Å²) in [7, 11) is -2.71. The minimum absolute atomic E-state index is 0.437. The second kappa shape index (κ2) is 5.59. The van der Waals surface area contributed by atoms with Crippen molar-refractivity contribution in [2.24, 2.45) is 4.36 Å². The van der Waals surface area contributed by atoms with Crippen molar-refractivity contribution in [3.63, 3.8) is 0 Å². The van der Waals surface area contributed by atoms with Gasteiger partial charge in [-0.25, -0.2) is 4.21 Å². The molecule has 1 unspecified atom stereocenters. The summed E-state index contributed by atoms with van der Waals surface area (Å²) in [6.07, 6.45) is 1.49. The summed E-state index contributed by atoms with van der Waals surface area (Å²) >= 11 is 0. The molecule has 2 rings (SSSR count). The van der Waals surface area contributed by atoms with Crippen LogP contribution in [0, 0.1) is 13.8 Å². The number of hydrogen-bond acceptors (Lipinski definition) is 2. The van der Waals surface area contributed by atoms with Gasteiger partial charge in [0, 0.05) is 16.7 Å². The first-order chi connectivity index (χ1) is 9.38. The highest BCUT2D eigenvalue weighted by atomic mass is 32.2. The topological polar surface area (TPSA) is 46.5 Å². The molecule has 2 aromatic carbocycles. The number of amides is 1. The fraction of sp³-hybridized carbons (Fsp3) is 0.188. The lowest BCUT2D eigenvalue weighted by atomic mass is 10.1. The highest BCUT2D eigenvalue weighted by Gasteiger charge is 2.11. The second-order valence-corrected chi connectivity index (χ2v) is 7.15. The van der Waals surface area contributed by atoms with Gasteiger partial charge in [-0.15, -0.1) is 0 Å². The molecule has 4 heteroatoms. The third-order valence-electron chi connectivity index (χ3n) is 2.91. The van der Waals surface area contributed by atoms with Crippen LogP contribution in [0.1, 0.15) is 21.5 Å². The van der Waals surface area contributed by atoms with Crippen LogP contribution >= 0.6 is 0 Å². The van der Waals surface area contributed by atoms with Gasteiger partial charge in [0.1, 0.15) is 0 Å². The number of rotatable bonds is 2. The van der Waals surface area contributed by atoms with Crippen molar-refractivity contribution in [1.82, 2.24) is 0 Å². The monoisotopic (exact) mass is 287 g/mol. The first kappa shape index (κ1) is 14.5. The lowest BCUT2D eigenvalue weighted by molar-refractivity contribution is 0.100. The van der Waals surface area contributed by atoms with Crippen molar-refractivity contribution >= 4 is 15.6 Å². The van der Waals surface area contributed by atoms with Crippen LogP contribution in [0.25, 0.3) is 0 Å². The molecule has 0 spiro atoms. The summed E-state index contributed by atoms with van der Waals surface area (Å²) in [5.74, 6) is -0.437. The average molecular weight is 287 g/mol. The molecule has 2 aromatic rings. The van der Waals surface area contributed by atoms with Crippen LogP contribution in [0.4, 0.5) is 0 Å². The molecule has 1 amide bonds. The minimum atomic E-state index is -2.71. The molecule has 0 aliphatic heterocycles. The maximum absolute atomic E-state index is 12.6. The zero-order valence-corrected chi connectivity index (χ0v) is 12.6. The maximum Gasteiger partial charge on any atom is 0.285 e. The van der Waals surface area contributed by atoms with Gasteiger partial charge in [-0.1, -0.05) is 35.4 Å². The Morgan fingerprint density at radius 3 is 2.10 bits per heavy atom. The molecular weight excluding hydrogens is 270 g/mol. The number of benzene rings is 2. The molecule has 0 radical (unpaired) electrons. The minimum Gasteiger partial charge on any atom is -0.266 e. The smallest absolute Gasteiger partial charge is 0.266 e. The van der Waals surface area contributed by atoms with Crippen LogP contribution in [0.2, 0.25) is 0 Å². The summed E-state index contributed by atoms with van der Waals surface area (Å²) < 4.78 is 16.5. The van der Waals surface area contributed by atoms with Crippen molar-refractivity contribution in [2.45, 2.75) is 18.7 Å². The summed E-state index contributed by atoms with van der Waals surface area (Å²) in [6.45, 7) is 3.84. The van der Waals surface area contributed by atoms with E-state index >= 15 is 0 Å². The van der Waals surface area contributed by atoms with Crippen LogP contribution < -0.4 is 0 Å². The molecule has 3 nitrogen and oxygen atoms in total. The molecule has 0 saturated carbocycles. The van der Waals surface area contributed by atoms with E-state index in [1.807, 2.05) is 26.0 Å². The van der Waals surface area contributed by atoms with E-state index in [1.54, 1.807) is 36.4 Å². The highest BCUT2D eigenvalue weighted by molar-refractivity contribution is 7.93. The number of carbonyl (C=O) groups excluding carboxylic acids is 1. The zero-order chi connectivity index (χ0) is 14.8. The third-order valence-corrected chi connectivity index (χ3v) is 4.57. The van der Waals surface area contributed by atoms with Crippen LogP contribution in [0.3, 0.4) is 0 Å². The van der Waals surface area contributed by atoms with E-state index < -0.39 is 15.6 Å². The number of aryl methyl sites for hydroxylation is 2. The van der Waals surface area contributed by atoms with Crippen LogP contribution in [-0.2, 0) is 9.73 Å². The maximum atomic E-state index is 12.6. The Labute approximate surface area is 119 Å². The SMILES string of the molecule is Cc1cc(C)cc(C(=O)N=S(C)(=O)c2ccccc2)c1. The zero-order valence-electron chi connectivity index (χ0n) is 11.8. The Morgan fingerprint density at radius 1 is 1.00 bits per heavy atom. The number of nitrogens with zero attached hydrogens (tertiary/aromatic N) is 1.